The molecule has 194 valence electrons. The number of hydrogen-bond donors (Lipinski definition) is 3. The van der Waals surface area contributed by atoms with Crippen LogP contribution < -0.4 is 0 Å². The number of aromatic nitrogens is 2. The van der Waals surface area contributed by atoms with Crippen molar-refractivity contribution >= 4 is 10.1 Å². The molecule has 6 atom stereocenters. The Hall–Kier alpha value is -1.95. The first-order chi connectivity index (χ1) is 16.4. The van der Waals surface area contributed by atoms with E-state index in [1.165, 1.54) is 24.7 Å². The molecule has 2 saturated carbocycles. The van der Waals surface area contributed by atoms with Gasteiger partial charge in [0.2, 0.25) is 0 Å². The summed E-state index contributed by atoms with van der Waals surface area (Å²) in [6.45, 7) is 1.69. The number of hydrogen-bond acceptors (Lipinski definition) is 6. The predicted molar refractivity (Wildman–Crippen MR) is 122 cm³/mol. The van der Waals surface area contributed by atoms with Crippen LogP contribution in [0.4, 0.5) is 13.2 Å². The molecule has 0 saturated heterocycles. The minimum Gasteiger partial charge on any atom is -0.393 e. The first kappa shape index (κ1) is 26.1. The maximum absolute atomic E-state index is 16.3. The van der Waals surface area contributed by atoms with E-state index in [9.17, 15) is 18.6 Å². The van der Waals surface area contributed by atoms with Crippen molar-refractivity contribution in [2.75, 3.05) is 6.26 Å². The Balaban J connectivity index is 1.82. The van der Waals surface area contributed by atoms with Crippen LogP contribution in [0.1, 0.15) is 57.1 Å². The average Bonchev–Trinajstić information content (AvgIpc) is 3.33. The summed E-state index contributed by atoms with van der Waals surface area (Å²) < 4.78 is 76.8. The summed E-state index contributed by atoms with van der Waals surface area (Å²) in [4.78, 5) is 6.56. The molecule has 2 fully saturated rings. The van der Waals surface area contributed by atoms with Crippen molar-refractivity contribution in [2.24, 2.45) is 17.3 Å². The van der Waals surface area contributed by atoms with Crippen LogP contribution in [0.5, 0.6) is 0 Å². The standard InChI is InChI=1S/C24H31F3N2O5S/c1-3-23(10-14-7-8-19(30)15(9-14)11-23)22(31)24(26,27)21(34-35(2,32)33)20-16(5-4-6-17(20)25)18-12-28-13-29-18/h4-6,12-15,19,21-22,30-31H,3,7-11H2,1-2H3,(H,28,29)/t14?,15-,19?,21?,22?,23?/m1/s1. The highest BCUT2D eigenvalue weighted by Crippen LogP contribution is 2.57. The van der Waals surface area contributed by atoms with Crippen LogP contribution in [0.15, 0.2) is 30.7 Å². The van der Waals surface area contributed by atoms with Gasteiger partial charge in [0.05, 0.1) is 30.6 Å². The number of H-pyrrole nitrogens is 1. The Morgan fingerprint density at radius 3 is 2.69 bits per heavy atom. The fraction of sp³-hybridized carbons (Fsp3) is 0.625. The van der Waals surface area contributed by atoms with Gasteiger partial charge in [-0.1, -0.05) is 19.1 Å². The Morgan fingerprint density at radius 2 is 2.06 bits per heavy atom. The number of fused-ring (bicyclic) bond motifs is 2. The van der Waals surface area contributed by atoms with Gasteiger partial charge in [0.15, 0.2) is 6.10 Å². The third kappa shape index (κ3) is 5.00. The second-order valence-corrected chi connectivity index (χ2v) is 11.7. The van der Waals surface area contributed by atoms with Crippen LogP contribution in [-0.4, -0.2) is 53.0 Å². The number of aromatic amines is 1. The van der Waals surface area contributed by atoms with Gasteiger partial charge in [-0.05, 0) is 56.4 Å². The topological polar surface area (TPSA) is 113 Å². The van der Waals surface area contributed by atoms with Crippen molar-refractivity contribution in [2.45, 2.75) is 69.7 Å². The van der Waals surface area contributed by atoms with Gasteiger partial charge in [-0.2, -0.15) is 8.42 Å². The maximum Gasteiger partial charge on any atom is 0.305 e. The molecule has 5 unspecified atom stereocenters. The summed E-state index contributed by atoms with van der Waals surface area (Å²) in [5.41, 5.74) is -1.85. The normalized spacial score (nSPS) is 29.1. The number of aliphatic hydroxyl groups excluding tert-OH is 2. The summed E-state index contributed by atoms with van der Waals surface area (Å²) in [7, 11) is -4.50. The SMILES string of the molecule is CCC1(C(O)C(F)(F)C(OS(C)(=O)=O)c2c(F)cccc2-c2cnc[nH]2)CC2CCC(O)[C@H](C2)C1. The molecule has 1 heterocycles. The fourth-order valence-electron chi connectivity index (χ4n) is 6.11. The molecule has 2 bridgehead atoms. The number of imidazole rings is 1. The minimum absolute atomic E-state index is 0.0514. The molecule has 0 spiro atoms. The lowest BCUT2D eigenvalue weighted by Crippen LogP contribution is -2.55. The minimum atomic E-state index is -4.50. The molecule has 1 aromatic heterocycles. The molecule has 4 rings (SSSR count). The maximum atomic E-state index is 16.3. The molecule has 11 heteroatoms. The largest absolute Gasteiger partial charge is 0.393 e. The Morgan fingerprint density at radius 1 is 1.31 bits per heavy atom. The number of alkyl halides is 2. The molecular formula is C24H31F3N2O5S. The van der Waals surface area contributed by atoms with Crippen LogP contribution in [-0.2, 0) is 14.3 Å². The highest BCUT2D eigenvalue weighted by molar-refractivity contribution is 7.86. The van der Waals surface area contributed by atoms with Crippen LogP contribution in [0, 0.1) is 23.1 Å². The number of benzene rings is 1. The second kappa shape index (κ2) is 9.49. The molecule has 0 aliphatic heterocycles. The quantitative estimate of drug-likeness (QED) is 0.454. The average molecular weight is 517 g/mol. The van der Waals surface area contributed by atoms with Crippen LogP contribution in [0.3, 0.4) is 0 Å². The van der Waals surface area contributed by atoms with E-state index < -0.39 is 51.1 Å². The molecule has 35 heavy (non-hydrogen) atoms. The summed E-state index contributed by atoms with van der Waals surface area (Å²) in [6.07, 6.45) is 0.177. The van der Waals surface area contributed by atoms with Crippen molar-refractivity contribution in [3.05, 3.63) is 42.1 Å². The smallest absolute Gasteiger partial charge is 0.305 e. The first-order valence-electron chi connectivity index (χ1n) is 11.8. The molecule has 0 amide bonds. The molecule has 3 N–H and O–H groups in total. The second-order valence-electron chi connectivity index (χ2n) is 10.1. The van der Waals surface area contributed by atoms with Gasteiger partial charge in [0.25, 0.3) is 10.1 Å². The monoisotopic (exact) mass is 516 g/mol. The zero-order valence-corrected chi connectivity index (χ0v) is 20.4. The summed E-state index contributed by atoms with van der Waals surface area (Å²) in [5.74, 6) is -5.46. The van der Waals surface area contributed by atoms with Crippen molar-refractivity contribution < 1.29 is 36.0 Å². The predicted octanol–water partition coefficient (Wildman–Crippen LogP) is 4.20. The molecule has 2 aliphatic rings. The Labute approximate surface area is 202 Å². The molecule has 2 aliphatic carbocycles. The third-order valence-electron chi connectivity index (χ3n) is 7.79. The molecule has 7 nitrogen and oxygen atoms in total. The van der Waals surface area contributed by atoms with E-state index in [1.807, 2.05) is 0 Å². The van der Waals surface area contributed by atoms with Gasteiger partial charge in [-0.15, -0.1) is 0 Å². The van der Waals surface area contributed by atoms with E-state index in [0.29, 0.717) is 31.9 Å². The van der Waals surface area contributed by atoms with Crippen molar-refractivity contribution in [1.82, 2.24) is 9.97 Å². The number of aliphatic hydroxyl groups is 2. The van der Waals surface area contributed by atoms with E-state index in [1.54, 1.807) is 6.92 Å². The molecule has 0 radical (unpaired) electrons. The highest BCUT2D eigenvalue weighted by Gasteiger charge is 2.60. The van der Waals surface area contributed by atoms with Crippen molar-refractivity contribution in [3.8, 4) is 11.3 Å². The zero-order valence-electron chi connectivity index (χ0n) is 19.6. The van der Waals surface area contributed by atoms with E-state index in [4.69, 9.17) is 4.18 Å². The summed E-state index contributed by atoms with van der Waals surface area (Å²) in [6, 6.07) is 3.59. The van der Waals surface area contributed by atoms with Gasteiger partial charge in [0, 0.05) is 16.5 Å². The molecular weight excluding hydrogens is 485 g/mol. The Bertz CT molecular complexity index is 1140. The highest BCUT2D eigenvalue weighted by atomic mass is 32.2. The Kier molecular flexibility index (Phi) is 7.09. The number of nitrogens with one attached hydrogen (secondary N) is 1. The van der Waals surface area contributed by atoms with Crippen LogP contribution in [0.2, 0.25) is 0 Å². The third-order valence-corrected chi connectivity index (χ3v) is 8.33. The van der Waals surface area contributed by atoms with Gasteiger partial charge >= 0.3 is 5.92 Å². The van der Waals surface area contributed by atoms with E-state index in [0.717, 1.165) is 6.07 Å². The lowest BCUT2D eigenvalue weighted by atomic mass is 9.56. The number of halogens is 3. The van der Waals surface area contributed by atoms with Crippen molar-refractivity contribution in [3.63, 3.8) is 0 Å². The van der Waals surface area contributed by atoms with Crippen LogP contribution >= 0.6 is 0 Å². The lowest BCUT2D eigenvalue weighted by Gasteiger charge is -2.52. The molecule has 2 aromatic rings. The van der Waals surface area contributed by atoms with Gasteiger partial charge in [-0.25, -0.2) is 18.2 Å². The number of rotatable bonds is 8. The van der Waals surface area contributed by atoms with E-state index in [2.05, 4.69) is 9.97 Å². The van der Waals surface area contributed by atoms with E-state index >= 15 is 13.2 Å². The van der Waals surface area contributed by atoms with Crippen LogP contribution in [0.25, 0.3) is 11.3 Å². The molecule has 1 aromatic carbocycles. The van der Waals surface area contributed by atoms with E-state index in [-0.39, 0.29) is 35.9 Å². The van der Waals surface area contributed by atoms with Gasteiger partial charge in [0.1, 0.15) is 11.9 Å². The fourth-order valence-corrected chi connectivity index (χ4v) is 6.68. The summed E-state index contributed by atoms with van der Waals surface area (Å²) in [5, 5.41) is 21.7. The van der Waals surface area contributed by atoms with Crippen molar-refractivity contribution in [1.29, 1.82) is 0 Å². The van der Waals surface area contributed by atoms with Gasteiger partial charge in [-0.3, -0.25) is 4.18 Å². The first-order valence-corrected chi connectivity index (χ1v) is 13.6. The zero-order chi connectivity index (χ0) is 25.6. The van der Waals surface area contributed by atoms with Gasteiger partial charge < -0.3 is 15.2 Å². The number of nitrogens with zero attached hydrogens (tertiary/aromatic N) is 1. The lowest BCUT2D eigenvalue weighted by molar-refractivity contribution is -0.225. The summed E-state index contributed by atoms with van der Waals surface area (Å²) >= 11 is 0.